The highest BCUT2D eigenvalue weighted by atomic mass is 16.5. The van der Waals surface area contributed by atoms with Crippen LogP contribution in [0.4, 0.5) is 5.69 Å². The first-order valence-electron chi connectivity index (χ1n) is 9.78. The highest BCUT2D eigenvalue weighted by molar-refractivity contribution is 5.90. The first kappa shape index (κ1) is 18.2. The summed E-state index contributed by atoms with van der Waals surface area (Å²) in [7, 11) is 0. The second-order valence-corrected chi connectivity index (χ2v) is 7.08. The first-order chi connectivity index (χ1) is 13.8. The quantitative estimate of drug-likeness (QED) is 0.672. The van der Waals surface area contributed by atoms with Crippen molar-refractivity contribution < 1.29 is 9.53 Å². The van der Waals surface area contributed by atoms with Crippen LogP contribution in [0.1, 0.15) is 37.7 Å². The number of ether oxygens (including phenoxy) is 1. The molecule has 0 atom stereocenters. The Hall–Kier alpha value is -3.15. The van der Waals surface area contributed by atoms with Crippen LogP contribution in [0.15, 0.2) is 61.1 Å². The summed E-state index contributed by atoms with van der Waals surface area (Å²) in [5.74, 6) is 1.58. The molecule has 3 aromatic rings. The molecule has 0 radical (unpaired) electrons. The van der Waals surface area contributed by atoms with Gasteiger partial charge in [-0.15, -0.1) is 0 Å². The van der Waals surface area contributed by atoms with Crippen molar-refractivity contribution in [3.63, 3.8) is 0 Å². The van der Waals surface area contributed by atoms with Gasteiger partial charge in [0, 0.05) is 18.8 Å². The lowest BCUT2D eigenvalue weighted by Crippen LogP contribution is -2.13. The second-order valence-electron chi connectivity index (χ2n) is 7.08. The van der Waals surface area contributed by atoms with Crippen LogP contribution in [-0.4, -0.2) is 26.8 Å². The number of hydrogen-bond acceptors (Lipinski definition) is 4. The Morgan fingerprint density at radius 3 is 2.82 bits per heavy atom. The van der Waals surface area contributed by atoms with Gasteiger partial charge in [-0.05, 0) is 68.0 Å². The van der Waals surface area contributed by atoms with Gasteiger partial charge in [0.1, 0.15) is 5.75 Å². The minimum atomic E-state index is -0.0317. The Bertz CT molecular complexity index is 901. The van der Waals surface area contributed by atoms with Crippen molar-refractivity contribution in [1.29, 1.82) is 0 Å². The highest BCUT2D eigenvalue weighted by Gasteiger charge is 2.16. The van der Waals surface area contributed by atoms with E-state index in [0.29, 0.717) is 30.5 Å². The number of benzene rings is 1. The van der Waals surface area contributed by atoms with E-state index >= 15 is 0 Å². The van der Waals surface area contributed by atoms with Crippen LogP contribution in [0.5, 0.6) is 5.75 Å². The molecule has 6 heteroatoms. The summed E-state index contributed by atoms with van der Waals surface area (Å²) in [6.45, 7) is 0. The van der Waals surface area contributed by atoms with Crippen molar-refractivity contribution in [1.82, 2.24) is 14.8 Å². The van der Waals surface area contributed by atoms with E-state index in [1.807, 2.05) is 48.7 Å². The zero-order valence-corrected chi connectivity index (χ0v) is 15.8. The maximum absolute atomic E-state index is 12.3. The minimum absolute atomic E-state index is 0.0317. The molecule has 2 aromatic heterocycles. The average molecular weight is 376 g/mol. The fourth-order valence-corrected chi connectivity index (χ4v) is 3.45. The van der Waals surface area contributed by atoms with Gasteiger partial charge < -0.3 is 10.1 Å². The Kier molecular flexibility index (Phi) is 5.66. The Morgan fingerprint density at radius 2 is 2.07 bits per heavy atom. The number of rotatable bonds is 7. The van der Waals surface area contributed by atoms with Gasteiger partial charge in [-0.3, -0.25) is 4.79 Å². The fraction of sp³-hybridized carbons (Fsp3) is 0.318. The number of pyridine rings is 1. The lowest BCUT2D eigenvalue weighted by Gasteiger charge is -2.13. The fourth-order valence-electron chi connectivity index (χ4n) is 3.45. The maximum Gasteiger partial charge on any atom is 0.224 e. The molecule has 144 valence electrons. The van der Waals surface area contributed by atoms with Gasteiger partial charge in [0.25, 0.3) is 0 Å². The lowest BCUT2D eigenvalue weighted by atomic mass is 10.1. The number of aryl methyl sites for hydroxylation is 1. The number of hydrogen-bond donors (Lipinski definition) is 1. The molecule has 1 amide bonds. The summed E-state index contributed by atoms with van der Waals surface area (Å²) in [4.78, 5) is 16.6. The van der Waals surface area contributed by atoms with Gasteiger partial charge in [0.05, 0.1) is 18.0 Å². The van der Waals surface area contributed by atoms with Gasteiger partial charge in [-0.25, -0.2) is 9.67 Å². The van der Waals surface area contributed by atoms with E-state index in [4.69, 9.17) is 4.74 Å². The normalized spacial score (nSPS) is 14.1. The molecule has 1 aliphatic rings. The molecule has 6 nitrogen and oxygen atoms in total. The SMILES string of the molecule is O=C(CCc1cccc(OC2CCCC2)c1)Nc1ccc(-n2cccn2)nc1. The van der Waals surface area contributed by atoms with E-state index in [1.54, 1.807) is 17.1 Å². The largest absolute Gasteiger partial charge is 0.490 e. The third kappa shape index (κ3) is 4.76. The summed E-state index contributed by atoms with van der Waals surface area (Å²) in [5, 5.41) is 7.03. The molecule has 1 N–H and O–H groups in total. The van der Waals surface area contributed by atoms with Gasteiger partial charge >= 0.3 is 0 Å². The summed E-state index contributed by atoms with van der Waals surface area (Å²) in [6, 6.07) is 13.6. The van der Waals surface area contributed by atoms with Gasteiger partial charge in [-0.1, -0.05) is 12.1 Å². The van der Waals surface area contributed by atoms with Crippen LogP contribution in [0, 0.1) is 0 Å². The third-order valence-corrected chi connectivity index (χ3v) is 4.91. The molecule has 1 fully saturated rings. The molecule has 4 rings (SSSR count). The molecular weight excluding hydrogens is 352 g/mol. The monoisotopic (exact) mass is 376 g/mol. The average Bonchev–Trinajstić information content (AvgIpc) is 3.42. The van der Waals surface area contributed by atoms with E-state index in [1.165, 1.54) is 12.8 Å². The van der Waals surface area contributed by atoms with E-state index < -0.39 is 0 Å². The summed E-state index contributed by atoms with van der Waals surface area (Å²) >= 11 is 0. The highest BCUT2D eigenvalue weighted by Crippen LogP contribution is 2.25. The van der Waals surface area contributed by atoms with Crippen LogP contribution < -0.4 is 10.1 Å². The molecule has 0 aliphatic heterocycles. The van der Waals surface area contributed by atoms with Crippen molar-refractivity contribution in [3.05, 3.63) is 66.6 Å². The zero-order chi connectivity index (χ0) is 19.2. The van der Waals surface area contributed by atoms with E-state index in [9.17, 15) is 4.79 Å². The van der Waals surface area contributed by atoms with Gasteiger partial charge in [0.2, 0.25) is 5.91 Å². The number of amides is 1. The van der Waals surface area contributed by atoms with Crippen LogP contribution in [0.2, 0.25) is 0 Å². The predicted molar refractivity (Wildman–Crippen MR) is 108 cm³/mol. The van der Waals surface area contributed by atoms with Crippen LogP contribution >= 0.6 is 0 Å². The summed E-state index contributed by atoms with van der Waals surface area (Å²) in [6.07, 6.45) is 11.4. The molecule has 2 heterocycles. The van der Waals surface area contributed by atoms with Gasteiger partial charge in [0.15, 0.2) is 5.82 Å². The number of nitrogens with zero attached hydrogens (tertiary/aromatic N) is 3. The van der Waals surface area contributed by atoms with Crippen molar-refractivity contribution in [2.45, 2.75) is 44.6 Å². The van der Waals surface area contributed by atoms with Crippen LogP contribution in [0.3, 0.4) is 0 Å². The van der Waals surface area contributed by atoms with Crippen molar-refractivity contribution in [3.8, 4) is 11.6 Å². The predicted octanol–water partition coefficient (Wildman–Crippen LogP) is 4.16. The van der Waals surface area contributed by atoms with Crippen molar-refractivity contribution >= 4 is 11.6 Å². The number of nitrogens with one attached hydrogen (secondary N) is 1. The van der Waals surface area contributed by atoms with E-state index in [-0.39, 0.29) is 5.91 Å². The summed E-state index contributed by atoms with van der Waals surface area (Å²) < 4.78 is 7.72. The topological polar surface area (TPSA) is 69.0 Å². The molecule has 0 bridgehead atoms. The minimum Gasteiger partial charge on any atom is -0.490 e. The molecule has 0 saturated heterocycles. The van der Waals surface area contributed by atoms with Crippen LogP contribution in [0.25, 0.3) is 5.82 Å². The van der Waals surface area contributed by atoms with E-state index in [2.05, 4.69) is 15.4 Å². The molecule has 1 saturated carbocycles. The molecule has 0 unspecified atom stereocenters. The lowest BCUT2D eigenvalue weighted by molar-refractivity contribution is -0.116. The van der Waals surface area contributed by atoms with Crippen molar-refractivity contribution in [2.24, 2.45) is 0 Å². The van der Waals surface area contributed by atoms with Crippen molar-refractivity contribution in [2.75, 3.05) is 5.32 Å². The Morgan fingerprint density at radius 1 is 1.18 bits per heavy atom. The zero-order valence-electron chi connectivity index (χ0n) is 15.8. The number of aromatic nitrogens is 3. The Labute approximate surface area is 164 Å². The number of carbonyl (C=O) groups excluding carboxylic acids is 1. The van der Waals surface area contributed by atoms with Gasteiger partial charge in [-0.2, -0.15) is 5.10 Å². The first-order valence-corrected chi connectivity index (χ1v) is 9.78. The Balaban J connectivity index is 1.28. The molecule has 1 aliphatic carbocycles. The molecule has 0 spiro atoms. The maximum atomic E-state index is 12.3. The van der Waals surface area contributed by atoms with Crippen LogP contribution in [-0.2, 0) is 11.2 Å². The molecular formula is C22H24N4O2. The summed E-state index contributed by atoms with van der Waals surface area (Å²) in [5.41, 5.74) is 1.79. The standard InChI is InChI=1S/C22H24N4O2/c27-22(25-18-10-11-21(23-16-18)26-14-4-13-24-26)12-9-17-5-3-8-20(15-17)28-19-6-1-2-7-19/h3-5,8,10-11,13-16,19H,1-2,6-7,9,12H2,(H,25,27). The smallest absolute Gasteiger partial charge is 0.224 e. The number of anilines is 1. The third-order valence-electron chi connectivity index (χ3n) is 4.91. The second kappa shape index (κ2) is 8.69. The molecule has 1 aromatic carbocycles. The number of carbonyl (C=O) groups is 1. The molecule has 28 heavy (non-hydrogen) atoms. The van der Waals surface area contributed by atoms with E-state index in [0.717, 1.165) is 24.2 Å².